The molecular formula is C11H11ClN2O2S. The summed E-state index contributed by atoms with van der Waals surface area (Å²) >= 11 is 7.10. The van der Waals surface area contributed by atoms with Gasteiger partial charge in [0.05, 0.1) is 6.26 Å². The fourth-order valence-electron chi connectivity index (χ4n) is 1.44. The maximum absolute atomic E-state index is 10.7. The van der Waals surface area contributed by atoms with Gasteiger partial charge in [0.2, 0.25) is 0 Å². The lowest BCUT2D eigenvalue weighted by Gasteiger charge is -2.14. The Morgan fingerprint density at radius 2 is 2.41 bits per heavy atom. The van der Waals surface area contributed by atoms with Gasteiger partial charge in [-0.25, -0.2) is 4.98 Å². The van der Waals surface area contributed by atoms with E-state index in [9.17, 15) is 4.79 Å². The molecule has 0 fully saturated rings. The summed E-state index contributed by atoms with van der Waals surface area (Å²) in [5, 5.41) is 0.980. The van der Waals surface area contributed by atoms with Crippen LogP contribution in [-0.2, 0) is 6.54 Å². The topological polar surface area (TPSA) is 46.3 Å². The van der Waals surface area contributed by atoms with E-state index in [4.69, 9.17) is 16.0 Å². The van der Waals surface area contributed by atoms with Crippen LogP contribution in [0, 0.1) is 6.92 Å². The number of aryl methyl sites for hydroxylation is 1. The molecule has 90 valence electrons. The second kappa shape index (κ2) is 4.89. The number of hydrogen-bond donors (Lipinski definition) is 0. The first-order valence-corrected chi connectivity index (χ1v) is 6.17. The summed E-state index contributed by atoms with van der Waals surface area (Å²) in [5.41, 5.74) is 1.09. The van der Waals surface area contributed by atoms with Crippen molar-refractivity contribution in [3.05, 3.63) is 33.7 Å². The predicted octanol–water partition coefficient (Wildman–Crippen LogP) is 3.15. The van der Waals surface area contributed by atoms with Gasteiger partial charge in [-0.3, -0.25) is 4.79 Å². The molecule has 0 aliphatic carbocycles. The minimum atomic E-state index is 0.260. The van der Waals surface area contributed by atoms with E-state index in [0.29, 0.717) is 11.4 Å². The Kier molecular flexibility index (Phi) is 3.49. The summed E-state index contributed by atoms with van der Waals surface area (Å²) in [7, 11) is 1.90. The standard InChI is InChI=1S/C11H11ClN2O2S/c1-7-8(3-4-16-7)5-14(2)11-13-10(12)9(6-15)17-11/h3-4,6H,5H2,1-2H3. The number of rotatable bonds is 4. The highest BCUT2D eigenvalue weighted by Gasteiger charge is 2.13. The molecule has 2 heterocycles. The van der Waals surface area contributed by atoms with Gasteiger partial charge in [0, 0.05) is 19.2 Å². The van der Waals surface area contributed by atoms with Crippen LogP contribution in [-0.4, -0.2) is 18.3 Å². The van der Waals surface area contributed by atoms with Gasteiger partial charge >= 0.3 is 0 Å². The molecule has 0 spiro atoms. The van der Waals surface area contributed by atoms with Gasteiger partial charge in [0.15, 0.2) is 16.6 Å². The van der Waals surface area contributed by atoms with E-state index < -0.39 is 0 Å². The van der Waals surface area contributed by atoms with Crippen molar-refractivity contribution in [1.82, 2.24) is 4.98 Å². The van der Waals surface area contributed by atoms with E-state index in [1.54, 1.807) is 6.26 Å². The third kappa shape index (κ3) is 2.50. The average Bonchev–Trinajstić information content (AvgIpc) is 2.86. The number of thiazole rings is 1. The van der Waals surface area contributed by atoms with Crippen LogP contribution in [0.15, 0.2) is 16.7 Å². The second-order valence-corrected chi connectivity index (χ2v) is 4.99. The number of furan rings is 1. The van der Waals surface area contributed by atoms with Crippen molar-refractivity contribution in [2.24, 2.45) is 0 Å². The lowest BCUT2D eigenvalue weighted by atomic mass is 10.2. The second-order valence-electron chi connectivity index (χ2n) is 3.63. The molecule has 0 saturated heterocycles. The molecule has 0 radical (unpaired) electrons. The molecule has 0 amide bonds. The fourth-order valence-corrected chi connectivity index (χ4v) is 2.46. The Morgan fingerprint density at radius 1 is 1.65 bits per heavy atom. The molecule has 0 N–H and O–H groups in total. The Morgan fingerprint density at radius 3 is 2.94 bits per heavy atom. The normalized spacial score (nSPS) is 10.5. The van der Waals surface area contributed by atoms with Crippen molar-refractivity contribution in [3.8, 4) is 0 Å². The molecule has 0 unspecified atom stereocenters. The minimum Gasteiger partial charge on any atom is -0.469 e. The Labute approximate surface area is 108 Å². The number of anilines is 1. The number of aldehydes is 1. The van der Waals surface area contributed by atoms with E-state index >= 15 is 0 Å². The van der Waals surface area contributed by atoms with Gasteiger partial charge < -0.3 is 9.32 Å². The lowest BCUT2D eigenvalue weighted by Crippen LogP contribution is -2.16. The van der Waals surface area contributed by atoms with Gasteiger partial charge in [0.1, 0.15) is 10.6 Å². The van der Waals surface area contributed by atoms with E-state index in [0.717, 1.165) is 22.7 Å². The van der Waals surface area contributed by atoms with Crippen LogP contribution >= 0.6 is 22.9 Å². The van der Waals surface area contributed by atoms with Gasteiger partial charge in [-0.15, -0.1) is 0 Å². The highest BCUT2D eigenvalue weighted by molar-refractivity contribution is 7.17. The molecule has 0 saturated carbocycles. The molecule has 0 bridgehead atoms. The number of carbonyl (C=O) groups excluding carboxylic acids is 1. The van der Waals surface area contributed by atoms with Gasteiger partial charge in [0.25, 0.3) is 0 Å². The largest absolute Gasteiger partial charge is 0.469 e. The van der Waals surface area contributed by atoms with Crippen LogP contribution in [0.3, 0.4) is 0 Å². The third-order valence-corrected chi connectivity index (χ3v) is 3.90. The van der Waals surface area contributed by atoms with Gasteiger partial charge in [-0.2, -0.15) is 0 Å². The Bertz CT molecular complexity index is 535. The smallest absolute Gasteiger partial charge is 0.187 e. The average molecular weight is 271 g/mol. The zero-order valence-corrected chi connectivity index (χ0v) is 11.0. The predicted molar refractivity (Wildman–Crippen MR) is 68.1 cm³/mol. The van der Waals surface area contributed by atoms with E-state index in [1.807, 2.05) is 24.9 Å². The van der Waals surface area contributed by atoms with Crippen LogP contribution in [0.2, 0.25) is 5.15 Å². The monoisotopic (exact) mass is 270 g/mol. The first kappa shape index (κ1) is 12.1. The molecule has 2 rings (SSSR count). The van der Waals surface area contributed by atoms with Crippen LogP contribution in [0.1, 0.15) is 21.0 Å². The quantitative estimate of drug-likeness (QED) is 0.801. The van der Waals surface area contributed by atoms with E-state index in [2.05, 4.69) is 4.98 Å². The molecule has 0 atom stereocenters. The maximum Gasteiger partial charge on any atom is 0.187 e. The third-order valence-electron chi connectivity index (χ3n) is 2.41. The van der Waals surface area contributed by atoms with Crippen molar-refractivity contribution >= 4 is 34.4 Å². The molecule has 0 aliphatic rings. The number of aromatic nitrogens is 1. The Hall–Kier alpha value is -1.33. The van der Waals surface area contributed by atoms with Crippen LogP contribution in [0.5, 0.6) is 0 Å². The highest BCUT2D eigenvalue weighted by Crippen LogP contribution is 2.28. The lowest BCUT2D eigenvalue weighted by molar-refractivity contribution is 0.112. The number of hydrogen-bond acceptors (Lipinski definition) is 5. The number of nitrogens with zero attached hydrogens (tertiary/aromatic N) is 2. The van der Waals surface area contributed by atoms with Crippen molar-refractivity contribution in [2.45, 2.75) is 13.5 Å². The molecule has 0 aliphatic heterocycles. The summed E-state index contributed by atoms with van der Waals surface area (Å²) < 4.78 is 5.23. The molecule has 2 aromatic rings. The highest BCUT2D eigenvalue weighted by atomic mass is 35.5. The molecule has 4 nitrogen and oxygen atoms in total. The number of carbonyl (C=O) groups is 1. The summed E-state index contributed by atoms with van der Waals surface area (Å²) in [6.07, 6.45) is 2.38. The molecule has 0 aromatic carbocycles. The summed E-state index contributed by atoms with van der Waals surface area (Å²) in [6.45, 7) is 2.58. The summed E-state index contributed by atoms with van der Waals surface area (Å²) in [4.78, 5) is 17.2. The molecular weight excluding hydrogens is 260 g/mol. The minimum absolute atomic E-state index is 0.260. The van der Waals surface area contributed by atoms with Crippen LogP contribution in [0.4, 0.5) is 5.13 Å². The van der Waals surface area contributed by atoms with Crippen molar-refractivity contribution in [2.75, 3.05) is 11.9 Å². The van der Waals surface area contributed by atoms with Gasteiger partial charge in [-0.05, 0) is 13.0 Å². The van der Waals surface area contributed by atoms with Crippen LogP contribution < -0.4 is 4.90 Å². The molecule has 17 heavy (non-hydrogen) atoms. The first-order valence-electron chi connectivity index (χ1n) is 4.97. The van der Waals surface area contributed by atoms with E-state index in [1.165, 1.54) is 11.3 Å². The Balaban J connectivity index is 2.17. The summed E-state index contributed by atoms with van der Waals surface area (Å²) in [5.74, 6) is 0.884. The van der Waals surface area contributed by atoms with Crippen molar-refractivity contribution < 1.29 is 9.21 Å². The maximum atomic E-state index is 10.7. The zero-order valence-electron chi connectivity index (χ0n) is 9.44. The van der Waals surface area contributed by atoms with Crippen molar-refractivity contribution in [3.63, 3.8) is 0 Å². The molecule has 2 aromatic heterocycles. The van der Waals surface area contributed by atoms with Crippen LogP contribution in [0.25, 0.3) is 0 Å². The molecule has 6 heteroatoms. The van der Waals surface area contributed by atoms with Gasteiger partial charge in [-0.1, -0.05) is 22.9 Å². The number of halogens is 1. The van der Waals surface area contributed by atoms with Crippen molar-refractivity contribution in [1.29, 1.82) is 0 Å². The SMILES string of the molecule is Cc1occc1CN(C)c1nc(Cl)c(C=O)s1. The fraction of sp³-hybridized carbons (Fsp3) is 0.273. The zero-order chi connectivity index (χ0) is 12.4. The van der Waals surface area contributed by atoms with E-state index in [-0.39, 0.29) is 5.15 Å². The summed E-state index contributed by atoms with van der Waals surface area (Å²) in [6, 6.07) is 1.92. The first-order chi connectivity index (χ1) is 8.11.